The molecule has 2 aromatic rings. The van der Waals surface area contributed by atoms with E-state index in [9.17, 15) is 9.90 Å². The Morgan fingerprint density at radius 2 is 1.84 bits per heavy atom. The minimum Gasteiger partial charge on any atom is -0.387 e. The van der Waals surface area contributed by atoms with Crippen molar-refractivity contribution in [2.45, 2.75) is 25.0 Å². The van der Waals surface area contributed by atoms with Crippen molar-refractivity contribution in [3.63, 3.8) is 0 Å². The topological polar surface area (TPSA) is 90.4 Å². The lowest BCUT2D eigenvalue weighted by molar-refractivity contribution is 0.172. The highest BCUT2D eigenvalue weighted by Crippen LogP contribution is 2.15. The van der Waals surface area contributed by atoms with Crippen molar-refractivity contribution in [3.05, 3.63) is 54.4 Å². The molecule has 1 aliphatic rings. The smallest absolute Gasteiger partial charge is 0.315 e. The van der Waals surface area contributed by atoms with Crippen LogP contribution in [0.25, 0.3) is 0 Å². The van der Waals surface area contributed by atoms with Crippen molar-refractivity contribution in [2.75, 3.05) is 24.5 Å². The number of hydrogen-bond acceptors (Lipinski definition) is 5. The van der Waals surface area contributed by atoms with Gasteiger partial charge in [0.25, 0.3) is 0 Å². The number of nitrogens with one attached hydrogen (secondary N) is 2. The van der Waals surface area contributed by atoms with Crippen LogP contribution in [0.2, 0.25) is 0 Å². The summed E-state index contributed by atoms with van der Waals surface area (Å²) in [4.78, 5) is 22.7. The van der Waals surface area contributed by atoms with Gasteiger partial charge in [0.05, 0.1) is 6.10 Å². The molecule has 3 rings (SSSR count). The third-order valence-corrected chi connectivity index (χ3v) is 4.31. The average Bonchev–Trinajstić information content (AvgIpc) is 2.68. The summed E-state index contributed by atoms with van der Waals surface area (Å²) in [5.41, 5.74) is 0.791. The molecule has 25 heavy (non-hydrogen) atoms. The molecule has 1 saturated heterocycles. The molecule has 2 amide bonds. The van der Waals surface area contributed by atoms with E-state index in [1.165, 1.54) is 0 Å². The first kappa shape index (κ1) is 17.2. The molecule has 1 atom stereocenters. The standard InChI is InChI=1S/C18H23N5O2/c24-16(14-5-2-1-3-6-14)13-21-18(25)22-15-7-11-23(12-8-15)17-19-9-4-10-20-17/h1-6,9-10,15-16,24H,7-8,11-13H2,(H2,21,22,25). The lowest BCUT2D eigenvalue weighted by Gasteiger charge is -2.32. The Balaban J connectivity index is 1.39. The Hall–Kier alpha value is -2.67. The van der Waals surface area contributed by atoms with E-state index in [-0.39, 0.29) is 18.6 Å². The summed E-state index contributed by atoms with van der Waals surface area (Å²) in [5.74, 6) is 0.733. The van der Waals surface area contributed by atoms with Crippen molar-refractivity contribution in [2.24, 2.45) is 0 Å². The molecule has 1 aliphatic heterocycles. The SMILES string of the molecule is O=C(NCC(O)c1ccccc1)NC1CCN(c2ncccn2)CC1. The van der Waals surface area contributed by atoms with Gasteiger partial charge < -0.3 is 20.6 Å². The molecule has 0 spiro atoms. The Morgan fingerprint density at radius 1 is 1.16 bits per heavy atom. The van der Waals surface area contributed by atoms with Crippen LogP contribution in [0.1, 0.15) is 24.5 Å². The maximum atomic E-state index is 12.0. The van der Waals surface area contributed by atoms with Crippen molar-refractivity contribution in [1.29, 1.82) is 0 Å². The molecule has 132 valence electrons. The van der Waals surface area contributed by atoms with E-state index in [1.54, 1.807) is 18.5 Å². The Kier molecular flexibility index (Phi) is 5.79. The first-order valence-electron chi connectivity index (χ1n) is 8.51. The molecular formula is C18H23N5O2. The number of amides is 2. The zero-order chi connectivity index (χ0) is 17.5. The molecule has 3 N–H and O–H groups in total. The lowest BCUT2D eigenvalue weighted by atomic mass is 10.1. The van der Waals surface area contributed by atoms with Gasteiger partial charge in [0.15, 0.2) is 0 Å². The zero-order valence-electron chi connectivity index (χ0n) is 14.0. The van der Waals surface area contributed by atoms with Gasteiger partial charge >= 0.3 is 6.03 Å². The van der Waals surface area contributed by atoms with Crippen LogP contribution in [-0.2, 0) is 0 Å². The fraction of sp³-hybridized carbons (Fsp3) is 0.389. The summed E-state index contributed by atoms with van der Waals surface area (Å²) in [6.45, 7) is 1.80. The van der Waals surface area contributed by atoms with Gasteiger partial charge in [-0.2, -0.15) is 0 Å². The van der Waals surface area contributed by atoms with Crippen LogP contribution in [0.4, 0.5) is 10.7 Å². The summed E-state index contributed by atoms with van der Waals surface area (Å²) in [6, 6.07) is 11.0. The third-order valence-electron chi connectivity index (χ3n) is 4.31. The minimum absolute atomic E-state index is 0.119. The first-order chi connectivity index (χ1) is 12.2. The summed E-state index contributed by atoms with van der Waals surface area (Å²) in [6.07, 6.45) is 4.44. The molecular weight excluding hydrogens is 318 g/mol. The number of piperidine rings is 1. The van der Waals surface area contributed by atoms with Gasteiger partial charge in [-0.15, -0.1) is 0 Å². The van der Waals surface area contributed by atoms with E-state index in [1.807, 2.05) is 30.3 Å². The molecule has 0 bridgehead atoms. The maximum absolute atomic E-state index is 12.0. The molecule has 1 aromatic heterocycles. The van der Waals surface area contributed by atoms with E-state index in [0.717, 1.165) is 37.4 Å². The Morgan fingerprint density at radius 3 is 2.52 bits per heavy atom. The number of carbonyl (C=O) groups is 1. The number of anilines is 1. The highest BCUT2D eigenvalue weighted by molar-refractivity contribution is 5.74. The largest absolute Gasteiger partial charge is 0.387 e. The number of hydrogen-bond donors (Lipinski definition) is 3. The minimum atomic E-state index is -0.705. The van der Waals surface area contributed by atoms with Gasteiger partial charge in [-0.1, -0.05) is 30.3 Å². The van der Waals surface area contributed by atoms with Crippen molar-refractivity contribution in [3.8, 4) is 0 Å². The fourth-order valence-corrected chi connectivity index (χ4v) is 2.90. The van der Waals surface area contributed by atoms with Crippen LogP contribution in [0.5, 0.6) is 0 Å². The van der Waals surface area contributed by atoms with Gasteiger partial charge in [-0.05, 0) is 24.5 Å². The molecule has 7 nitrogen and oxygen atoms in total. The predicted molar refractivity (Wildman–Crippen MR) is 95.2 cm³/mol. The van der Waals surface area contributed by atoms with Crippen molar-refractivity contribution in [1.82, 2.24) is 20.6 Å². The number of benzene rings is 1. The summed E-state index contributed by atoms with van der Waals surface area (Å²) < 4.78 is 0. The van der Waals surface area contributed by atoms with E-state index in [2.05, 4.69) is 25.5 Å². The zero-order valence-corrected chi connectivity index (χ0v) is 14.0. The van der Waals surface area contributed by atoms with Crippen LogP contribution < -0.4 is 15.5 Å². The number of aromatic nitrogens is 2. The van der Waals surface area contributed by atoms with Gasteiger partial charge in [0, 0.05) is 38.1 Å². The van der Waals surface area contributed by atoms with Crippen LogP contribution in [0, 0.1) is 0 Å². The maximum Gasteiger partial charge on any atom is 0.315 e. The highest BCUT2D eigenvalue weighted by Gasteiger charge is 2.22. The van der Waals surface area contributed by atoms with E-state index in [4.69, 9.17) is 0 Å². The second-order valence-electron chi connectivity index (χ2n) is 6.09. The van der Waals surface area contributed by atoms with Gasteiger partial charge in [-0.3, -0.25) is 0 Å². The molecule has 0 saturated carbocycles. The Bertz CT molecular complexity index is 660. The molecule has 2 heterocycles. The number of aliphatic hydroxyl groups excluding tert-OH is 1. The lowest BCUT2D eigenvalue weighted by Crippen LogP contribution is -2.48. The number of carbonyl (C=O) groups excluding carboxylic acids is 1. The van der Waals surface area contributed by atoms with Crippen LogP contribution in [0.15, 0.2) is 48.8 Å². The summed E-state index contributed by atoms with van der Waals surface area (Å²) in [7, 11) is 0. The summed E-state index contributed by atoms with van der Waals surface area (Å²) in [5, 5.41) is 15.8. The van der Waals surface area contributed by atoms with Gasteiger partial charge in [0.2, 0.25) is 5.95 Å². The van der Waals surface area contributed by atoms with E-state index in [0.29, 0.717) is 0 Å². The fourth-order valence-electron chi connectivity index (χ4n) is 2.90. The molecule has 0 radical (unpaired) electrons. The van der Waals surface area contributed by atoms with E-state index >= 15 is 0 Å². The highest BCUT2D eigenvalue weighted by atomic mass is 16.3. The quantitative estimate of drug-likeness (QED) is 0.766. The molecule has 0 aliphatic carbocycles. The normalized spacial score (nSPS) is 16.3. The second-order valence-corrected chi connectivity index (χ2v) is 6.09. The summed E-state index contributed by atoms with van der Waals surface area (Å²) >= 11 is 0. The van der Waals surface area contributed by atoms with Crippen molar-refractivity contribution < 1.29 is 9.90 Å². The monoisotopic (exact) mass is 341 g/mol. The number of urea groups is 1. The van der Waals surface area contributed by atoms with Crippen LogP contribution >= 0.6 is 0 Å². The third kappa shape index (κ3) is 4.90. The molecule has 1 fully saturated rings. The number of nitrogens with zero attached hydrogens (tertiary/aromatic N) is 3. The van der Waals surface area contributed by atoms with Gasteiger partial charge in [0.1, 0.15) is 0 Å². The molecule has 1 aromatic carbocycles. The second kappa shape index (κ2) is 8.43. The average molecular weight is 341 g/mol. The van der Waals surface area contributed by atoms with Gasteiger partial charge in [-0.25, -0.2) is 14.8 Å². The number of aliphatic hydroxyl groups is 1. The van der Waals surface area contributed by atoms with Crippen LogP contribution in [0.3, 0.4) is 0 Å². The number of rotatable bonds is 5. The predicted octanol–water partition coefficient (Wildman–Crippen LogP) is 1.48. The first-order valence-corrected chi connectivity index (χ1v) is 8.51. The Labute approximate surface area is 147 Å². The van der Waals surface area contributed by atoms with Crippen LogP contribution in [-0.4, -0.2) is 46.8 Å². The van der Waals surface area contributed by atoms with E-state index < -0.39 is 6.10 Å². The van der Waals surface area contributed by atoms with Crippen molar-refractivity contribution >= 4 is 12.0 Å². The molecule has 1 unspecified atom stereocenters. The molecule has 7 heteroatoms.